The number of aliphatic hydroxyl groups excluding tert-OH is 2. The van der Waals surface area contributed by atoms with Gasteiger partial charge in [0.2, 0.25) is 5.76 Å². The first-order valence-electron chi connectivity index (χ1n) is 8.21. The number of aryl methyl sites for hydroxylation is 1. The number of carbonyl (C=O) groups excluding carboxylic acids is 1. The van der Waals surface area contributed by atoms with Gasteiger partial charge in [-0.2, -0.15) is 39.5 Å². The molecule has 0 aliphatic carbocycles. The number of nitrogens with zero attached hydrogens (tertiary/aromatic N) is 1. The van der Waals surface area contributed by atoms with E-state index in [9.17, 15) is 44.3 Å². The number of aliphatic hydroxyl groups is 2. The van der Waals surface area contributed by atoms with Crippen LogP contribution in [0.25, 0.3) is 11.3 Å². The molecule has 0 unspecified atom stereocenters. The van der Waals surface area contributed by atoms with Gasteiger partial charge in [0, 0.05) is 33.3 Å². The molecule has 2 rings (SSSR count). The molecule has 1 aromatic heterocycles. The first-order valence-corrected chi connectivity index (χ1v) is 8.21. The minimum atomic E-state index is -5.42. The van der Waals surface area contributed by atoms with Gasteiger partial charge in [-0.05, 0) is 22.9 Å². The number of benzene rings is 1. The van der Waals surface area contributed by atoms with Crippen molar-refractivity contribution in [1.29, 1.82) is 0 Å². The topological polar surface area (TPSA) is 70.4 Å². The van der Waals surface area contributed by atoms with Crippen LogP contribution in [0.1, 0.15) is 16.7 Å². The van der Waals surface area contributed by atoms with Crippen LogP contribution in [-0.4, -0.2) is 33.3 Å². The fourth-order valence-electron chi connectivity index (χ4n) is 2.01. The summed E-state index contributed by atoms with van der Waals surface area (Å²) < 4.78 is 106. The van der Waals surface area contributed by atoms with Crippen LogP contribution >= 0.6 is 0 Å². The van der Waals surface area contributed by atoms with E-state index in [-0.39, 0.29) is 33.2 Å². The van der Waals surface area contributed by atoms with E-state index >= 15 is 0 Å². The Labute approximate surface area is 195 Å². The number of hydrogen-bond donors (Lipinski definition) is 2. The molecule has 0 saturated heterocycles. The van der Waals surface area contributed by atoms with E-state index in [0.29, 0.717) is 16.8 Å². The van der Waals surface area contributed by atoms with E-state index in [1.807, 2.05) is 0 Å². The van der Waals surface area contributed by atoms with E-state index in [1.54, 1.807) is 25.1 Å². The molecule has 0 aliphatic heterocycles. The van der Waals surface area contributed by atoms with Gasteiger partial charge in [-0.15, -0.1) is 29.3 Å². The summed E-state index contributed by atoms with van der Waals surface area (Å²) in [4.78, 5) is 13.9. The molecule has 186 valence electrons. The van der Waals surface area contributed by atoms with Crippen LogP contribution in [0, 0.1) is 13.0 Å². The minimum Gasteiger partial charge on any atom is -0.504 e. The van der Waals surface area contributed by atoms with Crippen LogP contribution in [0.2, 0.25) is 0 Å². The van der Waals surface area contributed by atoms with Gasteiger partial charge in [-0.3, -0.25) is 4.79 Å². The Balaban J connectivity index is 0.000000649. The van der Waals surface area contributed by atoms with Gasteiger partial charge in [-0.25, -0.2) is 0 Å². The molecule has 0 amide bonds. The van der Waals surface area contributed by atoms with Crippen LogP contribution in [0.3, 0.4) is 0 Å². The zero-order valence-electron chi connectivity index (χ0n) is 16.1. The molecule has 33 heavy (non-hydrogen) atoms. The van der Waals surface area contributed by atoms with Crippen molar-refractivity contribution in [1.82, 2.24) is 4.98 Å². The number of halogens is 9. The van der Waals surface area contributed by atoms with E-state index in [4.69, 9.17) is 10.2 Å². The molecule has 0 radical (unpaired) electrons. The van der Waals surface area contributed by atoms with E-state index in [0.717, 1.165) is 6.07 Å². The van der Waals surface area contributed by atoms with E-state index in [2.05, 4.69) is 11.1 Å². The first kappa shape index (κ1) is 30.6. The number of aromatic nitrogens is 1. The van der Waals surface area contributed by atoms with Gasteiger partial charge in [-0.1, -0.05) is 13.0 Å². The second-order valence-corrected chi connectivity index (χ2v) is 6.08. The minimum absolute atomic E-state index is 0. The summed E-state index contributed by atoms with van der Waals surface area (Å²) >= 11 is 0. The summed E-state index contributed by atoms with van der Waals surface area (Å²) in [6, 6.07) is 8.10. The molecule has 0 spiro atoms. The Morgan fingerprint density at radius 3 is 2.06 bits per heavy atom. The molecule has 2 N–H and O–H groups in total. The maximum absolute atomic E-state index is 12.7. The number of allylic oxidation sites excluding steroid dienone is 2. The van der Waals surface area contributed by atoms with Crippen LogP contribution in [-0.2, 0) is 38.6 Å². The van der Waals surface area contributed by atoms with Gasteiger partial charge in [0.05, 0.1) is 6.61 Å². The summed E-state index contributed by atoms with van der Waals surface area (Å²) in [6.07, 6.45) is -14.7. The Bertz CT molecular complexity index is 984. The summed E-state index contributed by atoms with van der Waals surface area (Å²) in [7, 11) is 0. The normalized spacial score (nSPS) is 12.4. The second kappa shape index (κ2) is 11.6. The van der Waals surface area contributed by atoms with E-state index in [1.165, 1.54) is 6.20 Å². The van der Waals surface area contributed by atoms with Crippen molar-refractivity contribution in [3.8, 4) is 11.3 Å². The molecule has 0 aliphatic rings. The Morgan fingerprint density at radius 2 is 1.61 bits per heavy atom. The number of pyridine rings is 1. The van der Waals surface area contributed by atoms with Crippen LogP contribution in [0.5, 0.6) is 0 Å². The fraction of sp³-hybridized carbons (Fsp3) is 0.263. The Morgan fingerprint density at radius 1 is 1.03 bits per heavy atom. The van der Waals surface area contributed by atoms with Gasteiger partial charge in [0.1, 0.15) is 0 Å². The van der Waals surface area contributed by atoms with Crippen molar-refractivity contribution in [3.05, 3.63) is 65.1 Å². The molecule has 0 saturated carbocycles. The standard InChI is InChI=1S/C14H11F3NO.C5H2F6O2.Pt/c1-9-4-11(7-12(5-9)14(15,16)17)13-6-10(8-19)2-3-18-13;6-4(7,8)2(12)1-3(13)5(9,10)11;/h2-6,19H,8H2,1H3;1,12H;/q-1;;/b;2-1-;. The predicted molar refractivity (Wildman–Crippen MR) is 92.0 cm³/mol. The van der Waals surface area contributed by atoms with Gasteiger partial charge in [0.15, 0.2) is 0 Å². The summed E-state index contributed by atoms with van der Waals surface area (Å²) in [6.45, 7) is 1.40. The molecule has 4 nitrogen and oxygen atoms in total. The quantitative estimate of drug-likeness (QED) is 0.197. The van der Waals surface area contributed by atoms with Crippen molar-refractivity contribution in [2.75, 3.05) is 0 Å². The number of carbonyl (C=O) groups is 1. The largest absolute Gasteiger partial charge is 0.504 e. The van der Waals surface area contributed by atoms with Gasteiger partial charge >= 0.3 is 18.5 Å². The summed E-state index contributed by atoms with van der Waals surface area (Å²) in [5, 5.41) is 17.0. The van der Waals surface area contributed by atoms with Crippen LogP contribution in [0.15, 0.2) is 42.3 Å². The molecule has 1 aromatic carbocycles. The molecular weight excluding hydrogens is 656 g/mol. The fourth-order valence-corrected chi connectivity index (χ4v) is 2.01. The Kier molecular flexibility index (Phi) is 10.8. The number of alkyl halides is 9. The molecule has 2 aromatic rings. The SMILES string of the molecule is Cc1cc(-c2cc(CO)ccn2)[c-]c(C(F)(F)F)c1.O=C(/C=C(\O)C(F)(F)F)C(F)(F)F.[Pt]. The van der Waals surface area contributed by atoms with Crippen LogP contribution < -0.4 is 0 Å². The third-order valence-corrected chi connectivity index (χ3v) is 3.44. The maximum Gasteiger partial charge on any atom is 0.454 e. The third kappa shape index (κ3) is 9.95. The zero-order chi connectivity index (χ0) is 24.9. The molecule has 1 heterocycles. The molecule has 0 atom stereocenters. The van der Waals surface area contributed by atoms with Crippen molar-refractivity contribution < 1.29 is 75.6 Å². The summed E-state index contributed by atoms with van der Waals surface area (Å²) in [5.74, 6) is -5.34. The molecule has 14 heteroatoms. The zero-order valence-corrected chi connectivity index (χ0v) is 18.4. The average molecular weight is 669 g/mol. The van der Waals surface area contributed by atoms with Crippen molar-refractivity contribution in [2.45, 2.75) is 32.1 Å². The number of hydrogen-bond acceptors (Lipinski definition) is 4. The van der Waals surface area contributed by atoms with E-state index < -0.39 is 41.7 Å². The third-order valence-electron chi connectivity index (χ3n) is 3.44. The molecular formula is C19H13F9NO3Pt-. The summed E-state index contributed by atoms with van der Waals surface area (Å²) in [5.41, 5.74) is 0.882. The van der Waals surface area contributed by atoms with Crippen molar-refractivity contribution in [3.63, 3.8) is 0 Å². The van der Waals surface area contributed by atoms with Crippen LogP contribution in [0.4, 0.5) is 39.5 Å². The first-order chi connectivity index (χ1) is 14.4. The average Bonchev–Trinajstić information content (AvgIpc) is 2.66. The number of rotatable bonds is 3. The van der Waals surface area contributed by atoms with Gasteiger partial charge in [0.25, 0.3) is 5.78 Å². The monoisotopic (exact) mass is 669 g/mol. The predicted octanol–water partition coefficient (Wildman–Crippen LogP) is 5.49. The smallest absolute Gasteiger partial charge is 0.454 e. The van der Waals surface area contributed by atoms with Gasteiger partial charge < -0.3 is 15.2 Å². The number of ketones is 1. The Hall–Kier alpha value is -2.40. The second-order valence-electron chi connectivity index (χ2n) is 6.08. The maximum atomic E-state index is 12.7. The van der Waals surface area contributed by atoms with Crippen molar-refractivity contribution in [2.24, 2.45) is 0 Å². The molecule has 0 fully saturated rings. The van der Waals surface area contributed by atoms with Crippen molar-refractivity contribution >= 4 is 5.78 Å². The molecule has 0 bridgehead atoms.